The number of nitrogens with one attached hydrogen (secondary N) is 1. The maximum absolute atomic E-state index is 12.0. The molecule has 0 heterocycles. The van der Waals surface area contributed by atoms with Crippen molar-refractivity contribution in [1.82, 2.24) is 4.72 Å². The Kier molecular flexibility index (Phi) is 7.99. The zero-order valence-electron chi connectivity index (χ0n) is 10.4. The van der Waals surface area contributed by atoms with Crippen LogP contribution in [0.3, 0.4) is 0 Å². The first-order valence-corrected chi connectivity index (χ1v) is 7.38. The van der Waals surface area contributed by atoms with Gasteiger partial charge in [0, 0.05) is 17.6 Å². The van der Waals surface area contributed by atoms with Gasteiger partial charge in [-0.05, 0) is 31.5 Å². The van der Waals surface area contributed by atoms with E-state index in [1.54, 1.807) is 0 Å². The Bertz CT molecular complexity index is 566. The van der Waals surface area contributed by atoms with E-state index in [0.29, 0.717) is 19.4 Å². The average Bonchev–Trinajstić information content (AvgIpc) is 2.34. The molecule has 7 nitrogen and oxygen atoms in total. The molecule has 0 saturated carbocycles. The van der Waals surface area contributed by atoms with Crippen molar-refractivity contribution < 1.29 is 13.3 Å². The number of hydrogen-bond acceptors (Lipinski definition) is 5. The minimum absolute atomic E-state index is 0. The zero-order valence-corrected chi connectivity index (χ0v) is 12.8. The fourth-order valence-electron chi connectivity index (χ4n) is 1.41. The van der Waals surface area contributed by atoms with Gasteiger partial charge in [0.15, 0.2) is 4.90 Å². The van der Waals surface area contributed by atoms with Gasteiger partial charge in [-0.15, -0.1) is 12.4 Å². The Labute approximate surface area is 128 Å². The highest BCUT2D eigenvalue weighted by molar-refractivity contribution is 7.89. The second-order valence-electron chi connectivity index (χ2n) is 3.76. The minimum Gasteiger partial charge on any atom is -0.330 e. The summed E-state index contributed by atoms with van der Waals surface area (Å²) in [5, 5.41) is 10.9. The number of nitro groups is 1. The topological polar surface area (TPSA) is 115 Å². The van der Waals surface area contributed by atoms with Crippen LogP contribution in [0, 0.1) is 10.1 Å². The molecule has 0 aliphatic rings. The predicted octanol–water partition coefficient (Wildman–Crippen LogP) is 1.69. The van der Waals surface area contributed by atoms with Crippen LogP contribution in [0.2, 0.25) is 5.02 Å². The average molecular weight is 344 g/mol. The number of hydrogen-bond donors (Lipinski definition) is 2. The van der Waals surface area contributed by atoms with Gasteiger partial charge in [0.1, 0.15) is 0 Å². The summed E-state index contributed by atoms with van der Waals surface area (Å²) in [4.78, 5) is 9.62. The van der Waals surface area contributed by atoms with Gasteiger partial charge in [-0.25, -0.2) is 13.1 Å². The molecule has 20 heavy (non-hydrogen) atoms. The Morgan fingerprint density at radius 2 is 2.00 bits per heavy atom. The summed E-state index contributed by atoms with van der Waals surface area (Å²) in [5.74, 6) is 0. The molecule has 0 unspecified atom stereocenters. The third-order valence-corrected chi connectivity index (χ3v) is 4.06. The van der Waals surface area contributed by atoms with Crippen LogP contribution in [-0.2, 0) is 10.0 Å². The van der Waals surface area contributed by atoms with Crippen molar-refractivity contribution in [3.8, 4) is 0 Å². The van der Waals surface area contributed by atoms with Gasteiger partial charge in [-0.2, -0.15) is 0 Å². The van der Waals surface area contributed by atoms with Crippen LogP contribution in [0.15, 0.2) is 23.1 Å². The summed E-state index contributed by atoms with van der Waals surface area (Å²) in [6, 6.07) is 3.40. The van der Waals surface area contributed by atoms with Gasteiger partial charge in [0.05, 0.1) is 4.92 Å². The lowest BCUT2D eigenvalue weighted by Crippen LogP contribution is -2.26. The lowest BCUT2D eigenvalue weighted by atomic mass is 10.3. The molecule has 0 aliphatic carbocycles. The van der Waals surface area contributed by atoms with Crippen LogP contribution in [0.25, 0.3) is 0 Å². The van der Waals surface area contributed by atoms with Crippen molar-refractivity contribution in [2.45, 2.75) is 17.7 Å². The molecule has 1 rings (SSSR count). The van der Waals surface area contributed by atoms with Crippen LogP contribution in [0.1, 0.15) is 12.8 Å². The van der Waals surface area contributed by atoms with Crippen molar-refractivity contribution in [3.63, 3.8) is 0 Å². The molecule has 3 N–H and O–H groups in total. The molecular formula is C10H15Cl2N3O4S. The Hall–Kier alpha value is -0.930. The van der Waals surface area contributed by atoms with Gasteiger partial charge < -0.3 is 5.73 Å². The molecule has 0 fully saturated rings. The molecule has 10 heteroatoms. The van der Waals surface area contributed by atoms with Crippen LogP contribution >= 0.6 is 24.0 Å². The predicted molar refractivity (Wildman–Crippen MR) is 78.8 cm³/mol. The standard InChI is InChI=1S/C10H14ClN3O4S.ClH/c11-8-3-4-9(14(15)16)10(7-8)19(17,18)13-6-2-1-5-12;/h3-4,7,13H,1-2,5-6,12H2;1H. The highest BCUT2D eigenvalue weighted by Crippen LogP contribution is 2.26. The lowest BCUT2D eigenvalue weighted by Gasteiger charge is -2.07. The Morgan fingerprint density at radius 1 is 1.35 bits per heavy atom. The molecule has 0 amide bonds. The molecule has 0 aromatic heterocycles. The van der Waals surface area contributed by atoms with Crippen LogP contribution in [-0.4, -0.2) is 26.4 Å². The van der Waals surface area contributed by atoms with Crippen LogP contribution < -0.4 is 10.5 Å². The summed E-state index contributed by atoms with van der Waals surface area (Å²) in [6.45, 7) is 0.627. The quantitative estimate of drug-likeness (QED) is 0.444. The minimum atomic E-state index is -3.96. The number of nitrogens with zero attached hydrogens (tertiary/aromatic N) is 1. The molecule has 0 atom stereocenters. The maximum atomic E-state index is 12.0. The third-order valence-electron chi connectivity index (χ3n) is 2.33. The van der Waals surface area contributed by atoms with Gasteiger partial charge in [0.2, 0.25) is 10.0 Å². The van der Waals surface area contributed by atoms with Gasteiger partial charge >= 0.3 is 0 Å². The van der Waals surface area contributed by atoms with E-state index < -0.39 is 25.5 Å². The molecule has 0 spiro atoms. The number of halogens is 2. The summed E-state index contributed by atoms with van der Waals surface area (Å²) in [7, 11) is -3.96. The molecule has 0 aliphatic heterocycles. The van der Waals surface area contributed by atoms with E-state index in [0.717, 1.165) is 12.1 Å². The zero-order chi connectivity index (χ0) is 14.5. The van der Waals surface area contributed by atoms with E-state index in [4.69, 9.17) is 17.3 Å². The molecule has 1 aromatic rings. The fourth-order valence-corrected chi connectivity index (χ4v) is 2.91. The largest absolute Gasteiger partial charge is 0.330 e. The molecule has 0 saturated heterocycles. The lowest BCUT2D eigenvalue weighted by molar-refractivity contribution is -0.387. The third kappa shape index (κ3) is 5.22. The Balaban J connectivity index is 0.00000361. The molecule has 0 bridgehead atoms. The van der Waals surface area contributed by atoms with Gasteiger partial charge in [-0.1, -0.05) is 11.6 Å². The molecule has 0 radical (unpaired) electrons. The smallest absolute Gasteiger partial charge is 0.289 e. The van der Waals surface area contributed by atoms with E-state index in [-0.39, 0.29) is 24.0 Å². The number of sulfonamides is 1. The van der Waals surface area contributed by atoms with Crippen molar-refractivity contribution in [1.29, 1.82) is 0 Å². The summed E-state index contributed by atoms with van der Waals surface area (Å²) >= 11 is 5.68. The highest BCUT2D eigenvalue weighted by atomic mass is 35.5. The normalized spacial score (nSPS) is 10.9. The van der Waals surface area contributed by atoms with E-state index in [1.165, 1.54) is 6.07 Å². The second-order valence-corrected chi connectivity index (χ2v) is 5.93. The van der Waals surface area contributed by atoms with Gasteiger partial charge in [-0.3, -0.25) is 10.1 Å². The molecular weight excluding hydrogens is 329 g/mol. The van der Waals surface area contributed by atoms with Crippen molar-refractivity contribution in [2.75, 3.05) is 13.1 Å². The second kappa shape index (κ2) is 8.38. The fraction of sp³-hybridized carbons (Fsp3) is 0.400. The summed E-state index contributed by atoms with van der Waals surface area (Å²) < 4.78 is 26.2. The van der Waals surface area contributed by atoms with E-state index in [2.05, 4.69) is 4.72 Å². The van der Waals surface area contributed by atoms with Crippen LogP contribution in [0.4, 0.5) is 5.69 Å². The SMILES string of the molecule is Cl.NCCCCNS(=O)(=O)c1cc(Cl)ccc1[N+](=O)[O-]. The highest BCUT2D eigenvalue weighted by Gasteiger charge is 2.25. The summed E-state index contributed by atoms with van der Waals surface area (Å²) in [5.41, 5.74) is 4.79. The Morgan fingerprint density at radius 3 is 2.55 bits per heavy atom. The van der Waals surface area contributed by atoms with E-state index in [9.17, 15) is 18.5 Å². The number of nitro benzene ring substituents is 1. The van der Waals surface area contributed by atoms with E-state index in [1.807, 2.05) is 0 Å². The van der Waals surface area contributed by atoms with Crippen molar-refractivity contribution in [3.05, 3.63) is 33.3 Å². The summed E-state index contributed by atoms with van der Waals surface area (Å²) in [6.07, 6.45) is 1.23. The maximum Gasteiger partial charge on any atom is 0.289 e. The number of benzene rings is 1. The number of unbranched alkanes of at least 4 members (excludes halogenated alkanes) is 1. The molecule has 1 aromatic carbocycles. The number of rotatable bonds is 7. The van der Waals surface area contributed by atoms with Crippen molar-refractivity contribution in [2.24, 2.45) is 5.73 Å². The van der Waals surface area contributed by atoms with Crippen molar-refractivity contribution >= 4 is 39.7 Å². The first-order valence-electron chi connectivity index (χ1n) is 5.52. The van der Waals surface area contributed by atoms with E-state index >= 15 is 0 Å². The monoisotopic (exact) mass is 343 g/mol. The first kappa shape index (κ1) is 19.1. The first-order chi connectivity index (χ1) is 8.88. The molecule has 114 valence electrons. The van der Waals surface area contributed by atoms with Gasteiger partial charge in [0.25, 0.3) is 5.69 Å². The number of nitrogens with two attached hydrogens (primary N) is 1. The van der Waals surface area contributed by atoms with Crippen LogP contribution in [0.5, 0.6) is 0 Å².